The van der Waals surface area contributed by atoms with E-state index < -0.39 is 144 Å². The fourth-order valence-electron chi connectivity index (χ4n) is 15.1. The SMILES string of the molecule is CCC(=O)O[C@]1(C(=O)SCF)[C@H](C)C[C@H]2[C@@H]3C[C@H](F)C4=CC(=O)C=C[C@]4(C)[C@@]3(F)[C@@H](O)C[C@@]21C.CCC(=O)O[C@]1(C(=O)[S-])[C@H](C)C[C@H]2[C@@H]3C[C@H](F)C4=CC(=O)C=C[C@]4(C)[C@@]3(F)[C@@H](O)C[C@@]21C.[K+]. The molecule has 0 heterocycles. The first-order valence-electron chi connectivity index (χ1n) is 22.9. The summed E-state index contributed by atoms with van der Waals surface area (Å²) in [7, 11) is 0. The van der Waals surface area contributed by atoms with Gasteiger partial charge in [-0.3, -0.25) is 24.0 Å². The van der Waals surface area contributed by atoms with Gasteiger partial charge in [-0.2, -0.15) is 0 Å². The first-order chi connectivity index (χ1) is 30.6. The summed E-state index contributed by atoms with van der Waals surface area (Å²) in [4.78, 5) is 74.9. The smallest absolute Gasteiger partial charge is 0.738 e. The van der Waals surface area contributed by atoms with Gasteiger partial charge >= 0.3 is 63.3 Å². The van der Waals surface area contributed by atoms with Crippen LogP contribution < -0.4 is 51.4 Å². The van der Waals surface area contributed by atoms with Gasteiger partial charge in [-0.25, -0.2) is 22.0 Å². The number of aliphatic hydroxyl groups excluding tert-OH is 2. The third-order valence-corrected chi connectivity index (χ3v) is 19.2. The maximum atomic E-state index is 17.2. The second kappa shape index (κ2) is 18.4. The van der Waals surface area contributed by atoms with E-state index in [1.807, 2.05) is 0 Å². The van der Waals surface area contributed by atoms with E-state index in [1.165, 1.54) is 38.2 Å². The Hall–Kier alpha value is -1.64. The van der Waals surface area contributed by atoms with Gasteiger partial charge in [0.2, 0.25) is 5.12 Å². The largest absolute Gasteiger partial charge is 1.00 e. The second-order valence-corrected chi connectivity index (χ2v) is 22.2. The minimum atomic E-state index is -2.30. The van der Waals surface area contributed by atoms with Crippen molar-refractivity contribution in [2.24, 2.45) is 57.2 Å². The number of aliphatic hydroxyl groups is 2. The van der Waals surface area contributed by atoms with E-state index in [-0.39, 0.29) is 107 Å². The number of ether oxygens (including phenoxy) is 2. The van der Waals surface area contributed by atoms with E-state index in [4.69, 9.17) is 22.1 Å². The summed E-state index contributed by atoms with van der Waals surface area (Å²) in [6, 6.07) is -1.02. The summed E-state index contributed by atoms with van der Waals surface area (Å²) >= 11 is 5.47. The van der Waals surface area contributed by atoms with Crippen LogP contribution in [0.15, 0.2) is 47.6 Å². The summed E-state index contributed by atoms with van der Waals surface area (Å²) < 4.78 is 90.1. The molecule has 0 saturated heterocycles. The summed E-state index contributed by atoms with van der Waals surface area (Å²) in [5, 5.41) is 21.2. The fourth-order valence-corrected chi connectivity index (χ4v) is 16.4. The van der Waals surface area contributed by atoms with Crippen molar-refractivity contribution in [3.8, 4) is 0 Å². The van der Waals surface area contributed by atoms with Crippen LogP contribution in [-0.4, -0.2) is 97.0 Å². The standard InChI is InChI=1S/C25H31F3O5S.C24H30F2O5S.K/c1-5-20(31)33-25(21(32)34-12-26)13(2)8-15-16-10-18(27)17-9-14(29)6-7-22(17,3)24(16,28)19(30)11-23(15,25)4;1-5-19(29)31-24(20(30)32)12(2)8-14-15-10-17(25)16-9-13(27)6-7-21(16,3)23(15,26)18(28)11-22(14,24)4;/h6-7,9,13,15-16,18-19,30H,5,8,10-12H2,1-4H3;6-7,9,12,14-15,17-18,28H,5,8,10-11H2,1-4H3,(H,30,32);/q;;+1/p-1/t13-,15+,16+,18+,19+,22+,23+,24+,25+;12-,14+,15+,17+,18+,21+,22+,23+,24+;/m11./s1. The van der Waals surface area contributed by atoms with Crippen LogP contribution in [0.25, 0.3) is 0 Å². The van der Waals surface area contributed by atoms with Gasteiger partial charge in [-0.15, -0.1) is 0 Å². The number of carbonyl (C=O) groups is 6. The summed E-state index contributed by atoms with van der Waals surface area (Å²) in [5.74, 6) is -6.32. The molecule has 67 heavy (non-hydrogen) atoms. The van der Waals surface area contributed by atoms with Crippen LogP contribution in [0, 0.1) is 57.2 Å². The molecule has 18 atom stereocenters. The van der Waals surface area contributed by atoms with Gasteiger partial charge in [0.1, 0.15) is 18.3 Å². The molecular formula is C49H60F5KO10S2. The minimum Gasteiger partial charge on any atom is -0.738 e. The number of rotatable bonds is 7. The van der Waals surface area contributed by atoms with E-state index in [1.54, 1.807) is 41.5 Å². The molecule has 8 rings (SSSR count). The molecule has 0 bridgehead atoms. The third kappa shape index (κ3) is 7.28. The van der Waals surface area contributed by atoms with Crippen molar-refractivity contribution >= 4 is 58.1 Å². The number of fused-ring (bicyclic) bond motifs is 10. The Kier molecular flexibility index (Phi) is 15.1. The van der Waals surface area contributed by atoms with Crippen molar-refractivity contribution in [2.45, 2.75) is 154 Å². The Morgan fingerprint density at radius 2 is 1.07 bits per heavy atom. The van der Waals surface area contributed by atoms with Gasteiger partial charge < -0.3 is 37.1 Å². The summed E-state index contributed by atoms with van der Waals surface area (Å²) in [6.45, 7) is 13.0. The average Bonchev–Trinajstić information content (AvgIpc) is 3.60. The molecule has 0 unspecified atom stereocenters. The van der Waals surface area contributed by atoms with Crippen LogP contribution in [0.5, 0.6) is 0 Å². The van der Waals surface area contributed by atoms with Crippen LogP contribution in [-0.2, 0) is 50.9 Å². The van der Waals surface area contributed by atoms with Gasteiger partial charge in [-0.05, 0) is 111 Å². The molecule has 0 amide bonds. The predicted molar refractivity (Wildman–Crippen MR) is 236 cm³/mol. The average molecular weight is 1010 g/mol. The molecule has 0 aliphatic heterocycles. The van der Waals surface area contributed by atoms with Crippen LogP contribution in [0.1, 0.15) is 107 Å². The molecule has 0 aromatic carbocycles. The monoisotopic (exact) mass is 1010 g/mol. The number of ketones is 2. The molecule has 364 valence electrons. The zero-order chi connectivity index (χ0) is 49.1. The van der Waals surface area contributed by atoms with Crippen LogP contribution in [0.2, 0.25) is 0 Å². The normalized spacial score (nSPS) is 47.7. The molecule has 0 aromatic rings. The van der Waals surface area contributed by atoms with Crippen LogP contribution >= 0.6 is 11.8 Å². The molecule has 10 nitrogen and oxygen atoms in total. The van der Waals surface area contributed by atoms with E-state index in [0.717, 1.165) is 12.2 Å². The van der Waals surface area contributed by atoms with Crippen molar-refractivity contribution in [3.05, 3.63) is 47.6 Å². The fraction of sp³-hybridized carbons (Fsp3) is 0.714. The third-order valence-electron chi connectivity index (χ3n) is 18.3. The molecule has 0 spiro atoms. The molecule has 0 aromatic heterocycles. The first kappa shape index (κ1) is 54.7. The molecule has 2 N–H and O–H groups in total. The molecule has 0 radical (unpaired) electrons. The maximum Gasteiger partial charge on any atom is 1.00 e. The van der Waals surface area contributed by atoms with Gasteiger partial charge in [0, 0.05) is 58.2 Å². The zero-order valence-corrected chi connectivity index (χ0v) is 44.2. The van der Waals surface area contributed by atoms with Crippen molar-refractivity contribution in [1.82, 2.24) is 0 Å². The number of hydrogen-bond donors (Lipinski definition) is 2. The maximum absolute atomic E-state index is 17.2. The number of esters is 2. The van der Waals surface area contributed by atoms with E-state index >= 15 is 17.6 Å². The summed E-state index contributed by atoms with van der Waals surface area (Å²) in [5.41, 5.74) is -13.4. The topological polar surface area (TPSA) is 161 Å². The van der Waals surface area contributed by atoms with Gasteiger partial charge in [-0.1, -0.05) is 53.7 Å². The Labute approximate surface area is 440 Å². The zero-order valence-electron chi connectivity index (χ0n) is 39.5. The van der Waals surface area contributed by atoms with Crippen molar-refractivity contribution in [3.63, 3.8) is 0 Å². The van der Waals surface area contributed by atoms with Crippen LogP contribution in [0.3, 0.4) is 0 Å². The van der Waals surface area contributed by atoms with Crippen molar-refractivity contribution in [1.29, 1.82) is 0 Å². The minimum absolute atomic E-state index is 0. The molecule has 6 fully saturated rings. The van der Waals surface area contributed by atoms with Crippen molar-refractivity contribution < 1.29 is 122 Å². The Balaban J connectivity index is 0.000000218. The number of allylic oxidation sites excluding steroid dienone is 8. The summed E-state index contributed by atoms with van der Waals surface area (Å²) in [6.07, 6.45) is 0.688. The van der Waals surface area contributed by atoms with Crippen LogP contribution in [0.4, 0.5) is 22.0 Å². The molecule has 8 aliphatic carbocycles. The Morgan fingerprint density at radius 3 is 1.45 bits per heavy atom. The Morgan fingerprint density at radius 1 is 0.701 bits per heavy atom. The van der Waals surface area contributed by atoms with E-state index in [9.17, 15) is 43.4 Å². The van der Waals surface area contributed by atoms with Gasteiger partial charge in [0.05, 0.1) is 17.3 Å². The van der Waals surface area contributed by atoms with Gasteiger partial charge in [0.25, 0.3) is 0 Å². The number of alkyl halides is 5. The number of thioether (sulfide) groups is 1. The number of carbonyl (C=O) groups excluding carboxylic acids is 6. The van der Waals surface area contributed by atoms with E-state index in [0.29, 0.717) is 18.2 Å². The Bertz CT molecular complexity index is 2240. The molecule has 6 saturated carbocycles. The van der Waals surface area contributed by atoms with Gasteiger partial charge in [0.15, 0.2) is 34.1 Å². The predicted octanol–water partition coefficient (Wildman–Crippen LogP) is 4.75. The number of hydrogen-bond acceptors (Lipinski definition) is 12. The molecular weight excluding hydrogens is 947 g/mol. The molecule has 8 aliphatic rings. The second-order valence-electron chi connectivity index (χ2n) is 20.9. The van der Waals surface area contributed by atoms with Crippen molar-refractivity contribution in [2.75, 3.05) is 6.01 Å². The quantitative estimate of drug-likeness (QED) is 0.156. The first-order valence-corrected chi connectivity index (χ1v) is 24.3. The van der Waals surface area contributed by atoms with E-state index in [2.05, 4.69) is 0 Å². The molecule has 18 heteroatoms. The number of halogens is 5.